The molecule has 0 unspecified atom stereocenters. The van der Waals surface area contributed by atoms with Gasteiger partial charge in [0.2, 0.25) is 5.95 Å². The molecular formula is C42H24N4S. The van der Waals surface area contributed by atoms with Crippen LogP contribution in [0.4, 0.5) is 0 Å². The van der Waals surface area contributed by atoms with E-state index in [1.54, 1.807) is 11.8 Å². The molecule has 1 aliphatic rings. The Bertz CT molecular complexity index is 2940. The summed E-state index contributed by atoms with van der Waals surface area (Å²) in [6.07, 6.45) is 0. The highest BCUT2D eigenvalue weighted by Gasteiger charge is 2.26. The van der Waals surface area contributed by atoms with E-state index >= 15 is 0 Å². The summed E-state index contributed by atoms with van der Waals surface area (Å²) < 4.78 is 4.68. The average molecular weight is 617 g/mol. The van der Waals surface area contributed by atoms with Crippen LogP contribution in [-0.2, 0) is 0 Å². The Kier molecular flexibility index (Phi) is 5.02. The van der Waals surface area contributed by atoms with E-state index in [9.17, 15) is 0 Å². The first kappa shape index (κ1) is 25.3. The van der Waals surface area contributed by atoms with Crippen LogP contribution in [0.2, 0.25) is 0 Å². The molecular weight excluding hydrogens is 593 g/mol. The van der Waals surface area contributed by atoms with Gasteiger partial charge in [0.1, 0.15) is 0 Å². The Balaban J connectivity index is 1.35. The summed E-state index contributed by atoms with van der Waals surface area (Å²) in [4.78, 5) is 13.2. The topological polar surface area (TPSA) is 35.6 Å². The summed E-state index contributed by atoms with van der Waals surface area (Å²) >= 11 is 1.80. The molecule has 4 nitrogen and oxygen atoms in total. The molecule has 218 valence electrons. The van der Waals surface area contributed by atoms with Crippen molar-refractivity contribution >= 4 is 77.0 Å². The molecule has 0 spiro atoms. The maximum absolute atomic E-state index is 5.42. The Hall–Kier alpha value is -5.91. The van der Waals surface area contributed by atoms with Crippen LogP contribution in [0.5, 0.6) is 0 Å². The number of benzene rings is 7. The molecule has 10 aromatic rings. The number of rotatable bonds is 2. The highest BCUT2D eigenvalue weighted by atomic mass is 32.2. The number of nitrogens with zero attached hydrogens (tertiary/aromatic N) is 4. The highest BCUT2D eigenvalue weighted by molar-refractivity contribution is 7.99. The van der Waals surface area contributed by atoms with Crippen molar-refractivity contribution in [1.29, 1.82) is 0 Å². The number of hydrogen-bond acceptors (Lipinski definition) is 3. The SMILES string of the molecule is c1ccc(-n2c3ccccc3c3c4c5c6ccccc6ccc5n(-c5nc6c7c(cccc7n5)Sc5ccccc5-6)c4ccc32)cc1. The zero-order valence-electron chi connectivity index (χ0n) is 25.1. The fraction of sp³-hybridized carbons (Fsp3) is 0. The molecule has 11 rings (SSSR count). The molecule has 0 aliphatic carbocycles. The number of para-hydroxylation sites is 2. The van der Waals surface area contributed by atoms with Crippen molar-refractivity contribution in [3.05, 3.63) is 146 Å². The van der Waals surface area contributed by atoms with Gasteiger partial charge in [0.15, 0.2) is 0 Å². The molecule has 47 heavy (non-hydrogen) atoms. The van der Waals surface area contributed by atoms with Crippen LogP contribution in [0, 0.1) is 0 Å². The summed E-state index contributed by atoms with van der Waals surface area (Å²) in [6.45, 7) is 0. The van der Waals surface area contributed by atoms with Crippen LogP contribution in [0.15, 0.2) is 155 Å². The molecule has 0 saturated carbocycles. The van der Waals surface area contributed by atoms with E-state index in [4.69, 9.17) is 9.97 Å². The number of fused-ring (bicyclic) bond motifs is 11. The summed E-state index contributed by atoms with van der Waals surface area (Å²) in [6, 6.07) is 52.2. The van der Waals surface area contributed by atoms with E-state index in [2.05, 4.69) is 155 Å². The fourth-order valence-corrected chi connectivity index (χ4v) is 8.90. The van der Waals surface area contributed by atoms with E-state index < -0.39 is 0 Å². The van der Waals surface area contributed by atoms with Gasteiger partial charge in [-0.05, 0) is 65.4 Å². The van der Waals surface area contributed by atoms with Crippen LogP contribution in [0.1, 0.15) is 0 Å². The second-order valence-corrected chi connectivity index (χ2v) is 13.3. The van der Waals surface area contributed by atoms with Crippen molar-refractivity contribution in [3.8, 4) is 22.9 Å². The van der Waals surface area contributed by atoms with Gasteiger partial charge in [0.25, 0.3) is 0 Å². The molecule has 7 aromatic carbocycles. The highest BCUT2D eigenvalue weighted by Crippen LogP contribution is 2.48. The molecule has 0 amide bonds. The first-order valence-electron chi connectivity index (χ1n) is 15.9. The molecule has 3 aromatic heterocycles. The molecule has 5 heteroatoms. The number of hydrogen-bond donors (Lipinski definition) is 0. The summed E-state index contributed by atoms with van der Waals surface area (Å²) in [5.74, 6) is 0.688. The third-order valence-corrected chi connectivity index (χ3v) is 10.8. The Labute approximate surface area is 273 Å². The van der Waals surface area contributed by atoms with E-state index in [0.29, 0.717) is 5.95 Å². The van der Waals surface area contributed by atoms with Gasteiger partial charge in [-0.1, -0.05) is 103 Å². The van der Waals surface area contributed by atoms with Crippen molar-refractivity contribution in [2.75, 3.05) is 0 Å². The van der Waals surface area contributed by atoms with E-state index in [1.807, 2.05) is 0 Å². The van der Waals surface area contributed by atoms with E-state index in [0.717, 1.165) is 38.9 Å². The molecule has 0 saturated heterocycles. The maximum atomic E-state index is 5.42. The Morgan fingerprint density at radius 2 is 1.11 bits per heavy atom. The van der Waals surface area contributed by atoms with Gasteiger partial charge >= 0.3 is 0 Å². The first-order valence-corrected chi connectivity index (χ1v) is 16.7. The molecule has 4 heterocycles. The minimum atomic E-state index is 0.688. The summed E-state index contributed by atoms with van der Waals surface area (Å²) in [5, 5.41) is 8.49. The van der Waals surface area contributed by atoms with Gasteiger partial charge < -0.3 is 4.57 Å². The minimum absolute atomic E-state index is 0.688. The van der Waals surface area contributed by atoms with Crippen molar-refractivity contribution in [1.82, 2.24) is 19.1 Å². The van der Waals surface area contributed by atoms with Crippen LogP contribution in [-0.4, -0.2) is 19.1 Å². The fourth-order valence-electron chi connectivity index (χ4n) is 7.79. The average Bonchev–Trinajstić information content (AvgIpc) is 3.65. The maximum Gasteiger partial charge on any atom is 0.235 e. The van der Waals surface area contributed by atoms with E-state index in [1.165, 1.54) is 53.1 Å². The number of aromatic nitrogens is 4. The lowest BCUT2D eigenvalue weighted by Gasteiger charge is -2.20. The molecule has 1 aliphatic heterocycles. The van der Waals surface area contributed by atoms with Crippen LogP contribution < -0.4 is 0 Å². The second-order valence-electron chi connectivity index (χ2n) is 12.2. The predicted octanol–water partition coefficient (Wildman–Crippen LogP) is 11.1. The van der Waals surface area contributed by atoms with Gasteiger partial charge in [-0.25, -0.2) is 9.97 Å². The van der Waals surface area contributed by atoms with Gasteiger partial charge in [-0.15, -0.1) is 0 Å². The van der Waals surface area contributed by atoms with E-state index in [-0.39, 0.29) is 0 Å². The second kappa shape index (κ2) is 9.32. The van der Waals surface area contributed by atoms with Crippen molar-refractivity contribution in [3.63, 3.8) is 0 Å². The third kappa shape index (κ3) is 3.38. The Morgan fingerprint density at radius 1 is 0.426 bits per heavy atom. The first-order chi connectivity index (χ1) is 23.3. The summed E-state index contributed by atoms with van der Waals surface area (Å²) in [7, 11) is 0. The van der Waals surface area contributed by atoms with Gasteiger partial charge in [-0.3, -0.25) is 4.57 Å². The van der Waals surface area contributed by atoms with Crippen molar-refractivity contribution < 1.29 is 0 Å². The lowest BCUT2D eigenvalue weighted by Crippen LogP contribution is -2.05. The van der Waals surface area contributed by atoms with Gasteiger partial charge in [0.05, 0.1) is 33.3 Å². The van der Waals surface area contributed by atoms with Crippen LogP contribution in [0.3, 0.4) is 0 Å². The molecule has 0 bridgehead atoms. The van der Waals surface area contributed by atoms with Crippen molar-refractivity contribution in [2.24, 2.45) is 0 Å². The smallest absolute Gasteiger partial charge is 0.235 e. The standard InChI is InChI=1S/C42H24N4S/c1-2-12-26(13-3-1)45-31-18-8-6-15-28(31)38-32(45)23-24-34-40(38)37-27-14-5-4-11-25(27)21-22-33(37)46(34)42-43-30-17-10-20-36-39(30)41(44-42)29-16-7-9-19-35(29)47-36/h1-24H. The third-order valence-electron chi connectivity index (χ3n) is 9.71. The zero-order valence-corrected chi connectivity index (χ0v) is 25.9. The Morgan fingerprint density at radius 3 is 2.02 bits per heavy atom. The molecule has 0 atom stereocenters. The normalized spacial score (nSPS) is 12.6. The lowest BCUT2D eigenvalue weighted by molar-refractivity contribution is 1.01. The predicted molar refractivity (Wildman–Crippen MR) is 195 cm³/mol. The van der Waals surface area contributed by atoms with Gasteiger partial charge in [0, 0.05) is 48.0 Å². The van der Waals surface area contributed by atoms with Crippen LogP contribution in [0.25, 0.3) is 88.2 Å². The quantitative estimate of drug-likeness (QED) is 0.194. The minimum Gasteiger partial charge on any atom is -0.309 e. The monoisotopic (exact) mass is 616 g/mol. The van der Waals surface area contributed by atoms with Crippen molar-refractivity contribution in [2.45, 2.75) is 9.79 Å². The molecule has 0 fully saturated rings. The van der Waals surface area contributed by atoms with Crippen LogP contribution >= 0.6 is 11.8 Å². The zero-order chi connectivity index (χ0) is 30.6. The lowest BCUT2D eigenvalue weighted by atomic mass is 10.0. The largest absolute Gasteiger partial charge is 0.309 e. The molecule has 0 N–H and O–H groups in total. The summed E-state index contributed by atoms with van der Waals surface area (Å²) in [5.41, 5.74) is 8.83. The molecule has 0 radical (unpaired) electrons. The van der Waals surface area contributed by atoms with Gasteiger partial charge in [-0.2, -0.15) is 0 Å².